The lowest BCUT2D eigenvalue weighted by Crippen LogP contribution is -2.23. The second-order valence-corrected chi connectivity index (χ2v) is 8.80. The molecule has 10 heteroatoms. The highest BCUT2D eigenvalue weighted by Crippen LogP contribution is 2.34. The highest BCUT2D eigenvalue weighted by atomic mass is 35.5. The van der Waals surface area contributed by atoms with Crippen LogP contribution in [-0.4, -0.2) is 36.3 Å². The summed E-state index contributed by atoms with van der Waals surface area (Å²) in [7, 11) is 0. The Balaban J connectivity index is 0.000000769. The number of aliphatic hydroxyl groups is 2. The molecular weight excluding hydrogens is 471 g/mol. The molecule has 0 saturated carbocycles. The van der Waals surface area contributed by atoms with Crippen molar-refractivity contribution in [3.63, 3.8) is 0 Å². The Morgan fingerprint density at radius 1 is 1.22 bits per heavy atom. The van der Waals surface area contributed by atoms with E-state index in [1.54, 1.807) is 19.9 Å². The minimum atomic E-state index is -1.22. The van der Waals surface area contributed by atoms with Gasteiger partial charge in [0.15, 0.2) is 10.6 Å². The van der Waals surface area contributed by atoms with Gasteiger partial charge in [0.25, 0.3) is 0 Å². The van der Waals surface area contributed by atoms with Gasteiger partial charge in [-0.15, -0.1) is 0 Å². The molecular formula is C22H32ClFN4O2S2. The van der Waals surface area contributed by atoms with Gasteiger partial charge in [-0.2, -0.15) is 0 Å². The lowest BCUT2D eigenvalue weighted by Gasteiger charge is -2.21. The normalized spacial score (nSPS) is 11.1. The van der Waals surface area contributed by atoms with E-state index in [0.29, 0.717) is 34.0 Å². The first-order valence-electron chi connectivity index (χ1n) is 10.5. The van der Waals surface area contributed by atoms with E-state index in [2.05, 4.69) is 15.0 Å². The predicted molar refractivity (Wildman–Crippen MR) is 135 cm³/mol. The maximum absolute atomic E-state index is 14.8. The smallest absolute Gasteiger partial charge is 0.175 e. The molecule has 1 aromatic carbocycles. The van der Waals surface area contributed by atoms with Gasteiger partial charge in [-0.1, -0.05) is 44.6 Å². The third-order valence-electron chi connectivity index (χ3n) is 4.21. The standard InChI is InChI=1S/C17H18ClFN4OS2.C3H8O.C2H6/c1-7(2)23-10-6-8(12-11(18)14(25)22-16(26)21-12)5-9(19)13(10)20-15(23)17(3,4)24;1-2-3-4;1-2/h5-7,24H,1-4H3,(H2,21,22,25,26);4H,2-3H2,1H3;1-2H3. The summed E-state index contributed by atoms with van der Waals surface area (Å²) in [6.45, 7) is 13.4. The molecule has 0 amide bonds. The molecule has 2 aromatic heterocycles. The van der Waals surface area contributed by atoms with E-state index in [-0.39, 0.29) is 21.2 Å². The number of rotatable bonds is 4. The van der Waals surface area contributed by atoms with Crippen molar-refractivity contribution in [1.82, 2.24) is 19.5 Å². The second-order valence-electron chi connectivity index (χ2n) is 7.60. The highest BCUT2D eigenvalue weighted by Gasteiger charge is 2.27. The first kappa shape index (κ1) is 28.4. The van der Waals surface area contributed by atoms with Crippen LogP contribution < -0.4 is 0 Å². The lowest BCUT2D eigenvalue weighted by molar-refractivity contribution is 0.0641. The summed E-state index contributed by atoms with van der Waals surface area (Å²) in [6.07, 6.45) is 0.875. The molecule has 0 bridgehead atoms. The number of aromatic nitrogens is 4. The number of hydrogen-bond acceptors (Lipinski definition) is 5. The molecule has 6 nitrogen and oxygen atoms in total. The first-order valence-corrected chi connectivity index (χ1v) is 11.7. The van der Waals surface area contributed by atoms with Crippen LogP contribution in [0.25, 0.3) is 22.3 Å². The van der Waals surface area contributed by atoms with Crippen molar-refractivity contribution >= 4 is 47.1 Å². The number of imidazole rings is 1. The van der Waals surface area contributed by atoms with Gasteiger partial charge in [0, 0.05) is 18.2 Å². The molecule has 2 heterocycles. The van der Waals surface area contributed by atoms with Crippen molar-refractivity contribution in [2.24, 2.45) is 0 Å². The Morgan fingerprint density at radius 2 is 1.78 bits per heavy atom. The second kappa shape index (κ2) is 12.0. The van der Waals surface area contributed by atoms with Gasteiger partial charge in [0.1, 0.15) is 21.6 Å². The van der Waals surface area contributed by atoms with Crippen LogP contribution in [0.3, 0.4) is 0 Å². The van der Waals surface area contributed by atoms with Crippen molar-refractivity contribution < 1.29 is 14.6 Å². The topological polar surface area (TPSA) is 89.9 Å². The van der Waals surface area contributed by atoms with Crippen LogP contribution in [0, 0.1) is 15.2 Å². The van der Waals surface area contributed by atoms with E-state index >= 15 is 0 Å². The van der Waals surface area contributed by atoms with Gasteiger partial charge in [-0.05, 0) is 58.5 Å². The Bertz CT molecular complexity index is 1160. The summed E-state index contributed by atoms with van der Waals surface area (Å²) in [6, 6.07) is 3.06. The van der Waals surface area contributed by atoms with Crippen LogP contribution in [0.5, 0.6) is 0 Å². The summed E-state index contributed by atoms with van der Waals surface area (Å²) in [5.41, 5.74) is 0.456. The molecule has 32 heavy (non-hydrogen) atoms. The SMILES string of the molecule is CC.CC(C)n1c(C(C)(C)O)nc2c(F)cc(-c3[nH]c(=S)[nH]c(=S)c3Cl)cc21.CCCO. The quantitative estimate of drug-likeness (QED) is 0.293. The lowest BCUT2D eigenvalue weighted by atomic mass is 10.1. The Morgan fingerprint density at radius 3 is 2.25 bits per heavy atom. The number of aliphatic hydroxyl groups excluding tert-OH is 1. The summed E-state index contributed by atoms with van der Waals surface area (Å²) in [5, 5.41) is 18.6. The Labute approximate surface area is 203 Å². The molecule has 178 valence electrons. The van der Waals surface area contributed by atoms with Crippen molar-refractivity contribution in [2.45, 2.75) is 66.5 Å². The van der Waals surface area contributed by atoms with E-state index < -0.39 is 11.4 Å². The van der Waals surface area contributed by atoms with E-state index in [1.807, 2.05) is 39.2 Å². The molecule has 4 N–H and O–H groups in total. The van der Waals surface area contributed by atoms with Crippen LogP contribution in [0.4, 0.5) is 4.39 Å². The monoisotopic (exact) mass is 502 g/mol. The van der Waals surface area contributed by atoms with Crippen molar-refractivity contribution in [3.05, 3.63) is 38.2 Å². The highest BCUT2D eigenvalue weighted by molar-refractivity contribution is 7.72. The van der Waals surface area contributed by atoms with E-state index in [9.17, 15) is 9.50 Å². The largest absolute Gasteiger partial charge is 0.396 e. The van der Waals surface area contributed by atoms with Gasteiger partial charge in [0.05, 0.1) is 16.2 Å². The fraction of sp³-hybridized carbons (Fsp3) is 0.500. The van der Waals surface area contributed by atoms with Crippen LogP contribution in [0.1, 0.15) is 66.8 Å². The number of aromatic amines is 2. The summed E-state index contributed by atoms with van der Waals surface area (Å²) in [4.78, 5) is 10.0. The number of nitrogens with zero attached hydrogens (tertiary/aromatic N) is 2. The minimum absolute atomic E-state index is 0.0383. The van der Waals surface area contributed by atoms with Gasteiger partial charge in [-0.3, -0.25) is 0 Å². The zero-order chi connectivity index (χ0) is 24.8. The molecule has 0 atom stereocenters. The Hall–Kier alpha value is -1.65. The molecule has 3 aromatic rings. The zero-order valence-electron chi connectivity index (χ0n) is 19.5. The van der Waals surface area contributed by atoms with E-state index in [1.165, 1.54) is 6.07 Å². The Kier molecular flexibility index (Phi) is 10.6. The van der Waals surface area contributed by atoms with Crippen molar-refractivity contribution in [3.8, 4) is 11.3 Å². The summed E-state index contributed by atoms with van der Waals surface area (Å²) < 4.78 is 17.2. The number of fused-ring (bicyclic) bond motifs is 1. The molecule has 0 aliphatic heterocycles. The van der Waals surface area contributed by atoms with E-state index in [4.69, 9.17) is 41.1 Å². The van der Waals surface area contributed by atoms with Gasteiger partial charge < -0.3 is 24.7 Å². The fourth-order valence-electron chi connectivity index (χ4n) is 2.92. The summed E-state index contributed by atoms with van der Waals surface area (Å²) in [5.74, 6) is -0.125. The minimum Gasteiger partial charge on any atom is -0.396 e. The van der Waals surface area contributed by atoms with Crippen molar-refractivity contribution in [2.75, 3.05) is 6.61 Å². The third kappa shape index (κ3) is 6.45. The van der Waals surface area contributed by atoms with Crippen molar-refractivity contribution in [1.29, 1.82) is 0 Å². The van der Waals surface area contributed by atoms with Crippen LogP contribution >= 0.6 is 36.0 Å². The van der Waals surface area contributed by atoms with E-state index in [0.717, 1.165) is 6.42 Å². The number of H-pyrrole nitrogens is 2. The van der Waals surface area contributed by atoms with Gasteiger partial charge >= 0.3 is 0 Å². The molecule has 0 unspecified atom stereocenters. The third-order valence-corrected chi connectivity index (χ3v) is 5.21. The number of nitrogens with one attached hydrogen (secondary N) is 2. The molecule has 0 saturated heterocycles. The molecule has 0 aliphatic carbocycles. The summed E-state index contributed by atoms with van der Waals surface area (Å²) >= 11 is 16.6. The number of hydrogen-bond donors (Lipinski definition) is 4. The fourth-order valence-corrected chi connectivity index (χ4v) is 3.60. The van der Waals surface area contributed by atoms with Crippen LogP contribution in [0.15, 0.2) is 12.1 Å². The predicted octanol–water partition coefficient (Wildman–Crippen LogP) is 6.83. The zero-order valence-corrected chi connectivity index (χ0v) is 21.9. The molecule has 0 fully saturated rings. The number of halogens is 2. The average molecular weight is 503 g/mol. The maximum Gasteiger partial charge on any atom is 0.175 e. The molecule has 0 radical (unpaired) electrons. The molecule has 3 rings (SSSR count). The van der Waals surface area contributed by atoms with Crippen LogP contribution in [-0.2, 0) is 5.60 Å². The maximum atomic E-state index is 14.8. The first-order chi connectivity index (χ1) is 14.9. The van der Waals surface area contributed by atoms with Gasteiger partial charge in [-0.25, -0.2) is 9.37 Å². The van der Waals surface area contributed by atoms with Crippen LogP contribution in [0.2, 0.25) is 5.02 Å². The molecule has 0 aliphatic rings. The molecule has 0 spiro atoms. The van der Waals surface area contributed by atoms with Gasteiger partial charge in [0.2, 0.25) is 0 Å². The average Bonchev–Trinajstić information content (AvgIpc) is 3.13. The number of benzene rings is 1.